The molecule has 0 amide bonds. The Balaban J connectivity index is -0.00000000750. The normalized spacial score (nSPS) is 3.38. The maximum absolute atomic E-state index is 7.17. The maximum atomic E-state index is 7.17. The first-order valence-electron chi connectivity index (χ1n) is 0.775. The molecule has 0 aliphatic rings. The quantitative estimate of drug-likeness (QED) is 0.387. The van der Waals surface area contributed by atoms with Gasteiger partial charge in [0.2, 0.25) is 0 Å². The molecule has 0 heterocycles. The topological polar surface area (TPSA) is 60.7 Å². The summed E-state index contributed by atoms with van der Waals surface area (Å²) in [4.78, 5) is 0. The van der Waals surface area contributed by atoms with E-state index in [4.69, 9.17) is 15.1 Å². The van der Waals surface area contributed by atoms with Gasteiger partial charge in [-0.2, -0.15) is 0 Å². The van der Waals surface area contributed by atoms with Crippen LogP contribution in [0.4, 0.5) is 0 Å². The van der Waals surface area contributed by atoms with Gasteiger partial charge < -0.3 is 15.1 Å². The zero-order valence-corrected chi connectivity index (χ0v) is 1.92. The zero-order chi connectivity index (χ0) is 3.58. The Morgan fingerprint density at radius 2 is 1.00 bits per heavy atom. The summed E-state index contributed by atoms with van der Waals surface area (Å²) in [7, 11) is -2.17. The summed E-state index contributed by atoms with van der Waals surface area (Å²) in [6, 6.07) is 0. The molecule has 0 aromatic heterocycles. The number of hydrogen-bond donors (Lipinski definition) is 3. The van der Waals surface area contributed by atoms with Crippen LogP contribution in [-0.4, -0.2) is 170 Å². The van der Waals surface area contributed by atoms with Crippen LogP contribution in [-0.2, 0) is 0 Å². The van der Waals surface area contributed by atoms with Crippen molar-refractivity contribution in [1.82, 2.24) is 0 Å². The van der Waals surface area contributed by atoms with Gasteiger partial charge in [-0.3, -0.25) is 0 Å². The van der Waals surface area contributed by atoms with E-state index in [9.17, 15) is 0 Å². The molecule has 3 N–H and O–H groups in total. The van der Waals surface area contributed by atoms with Gasteiger partial charge in [-0.25, -0.2) is 0 Å². The molecule has 8 heteroatoms. The molecular formula is H10AlBBeCsKO3. The summed E-state index contributed by atoms with van der Waals surface area (Å²) in [5, 5.41) is 21.5. The second-order valence-electron chi connectivity index (χ2n) is 0.346. The average molecular weight is 277 g/mol. The van der Waals surface area contributed by atoms with Crippen LogP contribution < -0.4 is 0 Å². The van der Waals surface area contributed by atoms with Crippen LogP contribution in [0, 0.1) is 0 Å². The molecule has 0 spiro atoms. The molecule has 0 fully saturated rings. The minimum atomic E-state index is -2.17. The Hall–Kier alpha value is 4.33. The molecule has 0 rings (SSSR count). The van der Waals surface area contributed by atoms with Gasteiger partial charge in [-0.15, -0.1) is 0 Å². The summed E-state index contributed by atoms with van der Waals surface area (Å²) in [6.07, 6.45) is 0. The van der Waals surface area contributed by atoms with E-state index < -0.39 is 7.32 Å². The molecule has 0 saturated heterocycles. The Bertz CT molecular complexity index is 24.0. The van der Waals surface area contributed by atoms with E-state index in [0.717, 1.165) is 0 Å². The van der Waals surface area contributed by atoms with E-state index in [0.29, 0.717) is 0 Å². The van der Waals surface area contributed by atoms with Gasteiger partial charge in [0.1, 0.15) is 0 Å². The van der Waals surface area contributed by atoms with E-state index >= 15 is 0 Å². The Labute approximate surface area is 165 Å². The molecule has 38 valence electrons. The van der Waals surface area contributed by atoms with Crippen molar-refractivity contribution in [3.63, 3.8) is 0 Å². The van der Waals surface area contributed by atoms with Crippen molar-refractivity contribution in [3.05, 3.63) is 0 Å². The molecule has 0 bridgehead atoms. The molecule has 0 aliphatic carbocycles. The van der Waals surface area contributed by atoms with Crippen LogP contribution in [0.25, 0.3) is 0 Å². The molecule has 0 saturated carbocycles. The predicted molar refractivity (Wildman–Crippen MR) is 45.2 cm³/mol. The monoisotopic (exact) mass is 277 g/mol. The Kier molecular flexibility index (Phi) is 82.9. The second kappa shape index (κ2) is 22.5. The van der Waals surface area contributed by atoms with Crippen LogP contribution in [0.1, 0.15) is 0 Å². The van der Waals surface area contributed by atoms with Crippen LogP contribution in [0.15, 0.2) is 0 Å². The summed E-state index contributed by atoms with van der Waals surface area (Å²) in [6.45, 7) is 0. The van der Waals surface area contributed by atoms with Gasteiger partial charge in [-0.1, -0.05) is 0 Å². The van der Waals surface area contributed by atoms with E-state index in [-0.39, 0.29) is 148 Å². The first-order chi connectivity index (χ1) is 1.73. The van der Waals surface area contributed by atoms with Gasteiger partial charge in [0, 0.05) is 0 Å². The van der Waals surface area contributed by atoms with Gasteiger partial charge in [0.05, 0.1) is 0 Å². The van der Waals surface area contributed by atoms with Crippen molar-refractivity contribution in [1.29, 1.82) is 0 Å². The second-order valence-corrected chi connectivity index (χ2v) is 0.346. The zero-order valence-electron chi connectivity index (χ0n) is 1.92. The van der Waals surface area contributed by atoms with E-state index in [1.165, 1.54) is 0 Å². The minimum absolute atomic E-state index is 0. The summed E-state index contributed by atoms with van der Waals surface area (Å²) >= 11 is 0. The van der Waals surface area contributed by atoms with Crippen molar-refractivity contribution >= 4 is 155 Å². The van der Waals surface area contributed by atoms with Gasteiger partial charge in [-0.05, 0) is 0 Å². The fraction of sp³-hybridized carbons (Fsp3) is 0. The molecule has 0 radical (unpaired) electrons. The van der Waals surface area contributed by atoms with Crippen LogP contribution in [0.5, 0.6) is 0 Å². The van der Waals surface area contributed by atoms with Crippen molar-refractivity contribution in [2.45, 2.75) is 0 Å². The van der Waals surface area contributed by atoms with Gasteiger partial charge >= 0.3 is 138 Å². The first kappa shape index (κ1) is 29.5. The summed E-state index contributed by atoms with van der Waals surface area (Å²) in [5.41, 5.74) is 0. The predicted octanol–water partition coefficient (Wildman–Crippen LogP) is -5.45. The first-order valence-corrected chi connectivity index (χ1v) is 0.775. The van der Waals surface area contributed by atoms with Crippen LogP contribution in [0.2, 0.25) is 0 Å². The molecule has 3 nitrogen and oxygen atoms in total. The van der Waals surface area contributed by atoms with E-state index in [1.54, 1.807) is 0 Å². The Morgan fingerprint density at radius 3 is 1.00 bits per heavy atom. The van der Waals surface area contributed by atoms with Gasteiger partial charge in [0.15, 0.2) is 17.4 Å². The standard InChI is InChI=1S/Al.BH3O3.Be.Cs.K.7H/c;2-1(3)4;;;;;;;;;;/h;2-4H;;;;;;;;;;. The van der Waals surface area contributed by atoms with Crippen LogP contribution in [0.3, 0.4) is 0 Å². The van der Waals surface area contributed by atoms with E-state index in [1.807, 2.05) is 0 Å². The molecule has 0 aliphatic heterocycles. The molecule has 0 atom stereocenters. The van der Waals surface area contributed by atoms with Crippen molar-refractivity contribution in [2.24, 2.45) is 0 Å². The SMILES string of the molecule is OB(O)O.[AlH3].[BeH2].[CsH].[KH]. The molecular weight excluding hydrogens is 267 g/mol. The molecule has 8 heavy (non-hydrogen) atoms. The third kappa shape index (κ3) is 47.9. The van der Waals surface area contributed by atoms with Crippen molar-refractivity contribution in [2.75, 3.05) is 0 Å². The fourth-order valence-electron chi connectivity index (χ4n) is 0. The molecule has 0 aromatic carbocycles. The number of hydrogen-bond acceptors (Lipinski definition) is 3. The van der Waals surface area contributed by atoms with Crippen molar-refractivity contribution in [3.8, 4) is 0 Å². The van der Waals surface area contributed by atoms with E-state index in [2.05, 4.69) is 0 Å². The van der Waals surface area contributed by atoms with Gasteiger partial charge in [0.25, 0.3) is 0 Å². The molecule has 0 unspecified atom stereocenters. The molecule has 0 aromatic rings. The average Bonchev–Trinajstić information content (AvgIpc) is 0.811. The summed E-state index contributed by atoms with van der Waals surface area (Å²) in [5.74, 6) is 0. The third-order valence-electron chi connectivity index (χ3n) is 0. The fourth-order valence-corrected chi connectivity index (χ4v) is 0. The number of rotatable bonds is 0. The summed E-state index contributed by atoms with van der Waals surface area (Å²) < 4.78 is 0. The van der Waals surface area contributed by atoms with Crippen molar-refractivity contribution < 1.29 is 15.1 Å². The van der Waals surface area contributed by atoms with Crippen LogP contribution >= 0.6 is 0 Å². The Morgan fingerprint density at radius 1 is 1.00 bits per heavy atom. The third-order valence-corrected chi connectivity index (χ3v) is 0.